The maximum atomic E-state index is 5.57. The second-order valence-electron chi connectivity index (χ2n) is 4.34. The van der Waals surface area contributed by atoms with Gasteiger partial charge in [0.25, 0.3) is 0 Å². The van der Waals surface area contributed by atoms with Crippen molar-refractivity contribution in [3.63, 3.8) is 0 Å². The van der Waals surface area contributed by atoms with E-state index in [1.165, 1.54) is 5.56 Å². The number of nitrogens with one attached hydrogen (secondary N) is 1. The normalized spacial score (nSPS) is 10.2. The van der Waals surface area contributed by atoms with E-state index in [1.54, 1.807) is 6.07 Å². The van der Waals surface area contributed by atoms with Crippen LogP contribution in [0.5, 0.6) is 0 Å². The monoisotopic (exact) mass is 271 g/mol. The van der Waals surface area contributed by atoms with Gasteiger partial charge < -0.3 is 11.1 Å². The maximum absolute atomic E-state index is 5.57. The number of hydrogen-bond donors (Lipinski definition) is 2. The first-order valence-electron chi connectivity index (χ1n) is 6.32. The van der Waals surface area contributed by atoms with Gasteiger partial charge in [0, 0.05) is 5.69 Å². The van der Waals surface area contributed by atoms with Crippen LogP contribution < -0.4 is 11.1 Å². The van der Waals surface area contributed by atoms with E-state index in [0.29, 0.717) is 10.7 Å². The highest BCUT2D eigenvalue weighted by Crippen LogP contribution is 2.16. The van der Waals surface area contributed by atoms with E-state index in [-0.39, 0.29) is 0 Å². The second-order valence-corrected chi connectivity index (χ2v) is 4.78. The highest BCUT2D eigenvalue weighted by Gasteiger charge is 2.01. The lowest BCUT2D eigenvalue weighted by molar-refractivity contribution is 0.922. The zero-order valence-corrected chi connectivity index (χ0v) is 11.7. The number of thiocarbonyl (C=S) groups is 1. The lowest BCUT2D eigenvalue weighted by Crippen LogP contribution is -2.12. The molecule has 0 aliphatic heterocycles. The Kier molecular flexibility index (Phi) is 4.47. The molecule has 98 valence electrons. The molecule has 2 rings (SSSR count). The number of aromatic nitrogens is 1. The van der Waals surface area contributed by atoms with Gasteiger partial charge in [-0.1, -0.05) is 43.8 Å². The quantitative estimate of drug-likeness (QED) is 0.818. The first-order valence-corrected chi connectivity index (χ1v) is 6.72. The molecular weight excluding hydrogens is 254 g/mol. The molecule has 0 fully saturated rings. The Balaban J connectivity index is 2.12. The summed E-state index contributed by atoms with van der Waals surface area (Å²) in [4.78, 5) is 4.66. The molecule has 1 aromatic heterocycles. The third-order valence-electron chi connectivity index (χ3n) is 2.77. The van der Waals surface area contributed by atoms with Crippen molar-refractivity contribution in [1.82, 2.24) is 4.98 Å². The predicted molar refractivity (Wildman–Crippen MR) is 83.8 cm³/mol. The van der Waals surface area contributed by atoms with Gasteiger partial charge in [0.15, 0.2) is 0 Å². The van der Waals surface area contributed by atoms with E-state index >= 15 is 0 Å². The Bertz CT molecular complexity index is 564. The van der Waals surface area contributed by atoms with Crippen LogP contribution in [-0.2, 0) is 6.42 Å². The molecule has 0 bridgehead atoms. The molecule has 3 N–H and O–H groups in total. The lowest BCUT2D eigenvalue weighted by Gasteiger charge is -2.07. The molecule has 1 heterocycles. The van der Waals surface area contributed by atoms with Gasteiger partial charge in [-0.2, -0.15) is 0 Å². The number of anilines is 2. The molecule has 0 aliphatic rings. The van der Waals surface area contributed by atoms with Gasteiger partial charge in [0.1, 0.15) is 10.8 Å². The number of benzene rings is 1. The maximum Gasteiger partial charge on any atom is 0.131 e. The number of rotatable bonds is 5. The average Bonchev–Trinajstić information content (AvgIpc) is 2.42. The average molecular weight is 271 g/mol. The Morgan fingerprint density at radius 3 is 2.58 bits per heavy atom. The molecule has 0 spiro atoms. The minimum Gasteiger partial charge on any atom is -0.388 e. The van der Waals surface area contributed by atoms with Gasteiger partial charge in [-0.05, 0) is 36.2 Å². The highest BCUT2D eigenvalue weighted by molar-refractivity contribution is 7.80. The largest absolute Gasteiger partial charge is 0.388 e. The molecule has 4 heteroatoms. The molecule has 0 saturated carbocycles. The van der Waals surface area contributed by atoms with Crippen molar-refractivity contribution < 1.29 is 0 Å². The van der Waals surface area contributed by atoms with E-state index in [9.17, 15) is 0 Å². The van der Waals surface area contributed by atoms with Crippen LogP contribution in [-0.4, -0.2) is 9.97 Å². The SMILES string of the molecule is CCCc1ccc(Nc2cccc(C(N)=S)n2)cc1. The Morgan fingerprint density at radius 2 is 1.95 bits per heavy atom. The molecule has 1 aromatic carbocycles. The third-order valence-corrected chi connectivity index (χ3v) is 2.98. The zero-order valence-electron chi connectivity index (χ0n) is 10.9. The number of nitrogens with zero attached hydrogens (tertiary/aromatic N) is 1. The molecule has 0 saturated heterocycles. The van der Waals surface area contributed by atoms with Gasteiger partial charge in [0.05, 0.1) is 5.69 Å². The Labute approximate surface area is 118 Å². The summed E-state index contributed by atoms with van der Waals surface area (Å²) < 4.78 is 0. The summed E-state index contributed by atoms with van der Waals surface area (Å²) in [5.41, 5.74) is 8.55. The first-order chi connectivity index (χ1) is 9.19. The number of pyridine rings is 1. The fourth-order valence-electron chi connectivity index (χ4n) is 1.83. The summed E-state index contributed by atoms with van der Waals surface area (Å²) in [6.45, 7) is 2.18. The lowest BCUT2D eigenvalue weighted by atomic mass is 10.1. The van der Waals surface area contributed by atoms with Crippen molar-refractivity contribution in [1.29, 1.82) is 0 Å². The second kappa shape index (κ2) is 6.29. The first kappa shape index (κ1) is 13.5. The highest BCUT2D eigenvalue weighted by atomic mass is 32.1. The zero-order chi connectivity index (χ0) is 13.7. The Hall–Kier alpha value is -1.94. The smallest absolute Gasteiger partial charge is 0.131 e. The molecular formula is C15H17N3S. The van der Waals surface area contributed by atoms with E-state index < -0.39 is 0 Å². The summed E-state index contributed by atoms with van der Waals surface area (Å²) in [6, 6.07) is 13.9. The van der Waals surface area contributed by atoms with Crippen LogP contribution in [0.4, 0.5) is 11.5 Å². The molecule has 19 heavy (non-hydrogen) atoms. The van der Waals surface area contributed by atoms with Crippen molar-refractivity contribution in [2.45, 2.75) is 19.8 Å². The van der Waals surface area contributed by atoms with Crippen LogP contribution in [0.3, 0.4) is 0 Å². The fourth-order valence-corrected chi connectivity index (χ4v) is 1.95. The Morgan fingerprint density at radius 1 is 1.21 bits per heavy atom. The molecule has 2 aromatic rings. The number of nitrogens with two attached hydrogens (primary N) is 1. The van der Waals surface area contributed by atoms with Crippen LogP contribution in [0.1, 0.15) is 24.6 Å². The van der Waals surface area contributed by atoms with Crippen molar-refractivity contribution in [2.75, 3.05) is 5.32 Å². The molecule has 0 aliphatic carbocycles. The topological polar surface area (TPSA) is 50.9 Å². The van der Waals surface area contributed by atoms with Crippen LogP contribution in [0, 0.1) is 0 Å². The summed E-state index contributed by atoms with van der Waals surface area (Å²) >= 11 is 4.92. The number of aryl methyl sites for hydroxylation is 1. The fraction of sp³-hybridized carbons (Fsp3) is 0.200. The van der Waals surface area contributed by atoms with Crippen molar-refractivity contribution in [2.24, 2.45) is 5.73 Å². The minimum atomic E-state index is 0.307. The molecule has 0 unspecified atom stereocenters. The van der Waals surface area contributed by atoms with Crippen LogP contribution in [0.2, 0.25) is 0 Å². The van der Waals surface area contributed by atoms with Crippen LogP contribution in [0.15, 0.2) is 42.5 Å². The van der Waals surface area contributed by atoms with E-state index in [4.69, 9.17) is 18.0 Å². The van der Waals surface area contributed by atoms with Gasteiger partial charge in [-0.25, -0.2) is 4.98 Å². The summed E-state index contributed by atoms with van der Waals surface area (Å²) in [6.07, 6.45) is 2.26. The van der Waals surface area contributed by atoms with E-state index in [0.717, 1.165) is 24.3 Å². The van der Waals surface area contributed by atoms with Crippen molar-refractivity contribution in [3.8, 4) is 0 Å². The van der Waals surface area contributed by atoms with Gasteiger partial charge >= 0.3 is 0 Å². The predicted octanol–water partition coefficient (Wildman–Crippen LogP) is 3.41. The molecule has 0 amide bonds. The molecule has 0 radical (unpaired) electrons. The third kappa shape index (κ3) is 3.76. The summed E-state index contributed by atoms with van der Waals surface area (Å²) in [5, 5.41) is 3.24. The van der Waals surface area contributed by atoms with Gasteiger partial charge in [-0.15, -0.1) is 0 Å². The van der Waals surface area contributed by atoms with Crippen molar-refractivity contribution >= 4 is 28.7 Å². The summed E-state index contributed by atoms with van der Waals surface area (Å²) in [7, 11) is 0. The van der Waals surface area contributed by atoms with Gasteiger partial charge in [-0.3, -0.25) is 0 Å². The van der Waals surface area contributed by atoms with E-state index in [1.807, 2.05) is 12.1 Å². The number of hydrogen-bond acceptors (Lipinski definition) is 3. The van der Waals surface area contributed by atoms with E-state index in [2.05, 4.69) is 41.5 Å². The minimum absolute atomic E-state index is 0.307. The van der Waals surface area contributed by atoms with Gasteiger partial charge in [0.2, 0.25) is 0 Å². The molecule has 3 nitrogen and oxygen atoms in total. The molecule has 0 atom stereocenters. The van der Waals surface area contributed by atoms with Crippen molar-refractivity contribution in [3.05, 3.63) is 53.7 Å². The van der Waals surface area contributed by atoms with Crippen LogP contribution in [0.25, 0.3) is 0 Å². The standard InChI is InChI=1S/C15H17N3S/c1-2-4-11-7-9-12(10-8-11)17-14-6-3-5-13(18-14)15(16)19/h3,5-10H,2,4H2,1H3,(H2,16,19)(H,17,18). The summed E-state index contributed by atoms with van der Waals surface area (Å²) in [5.74, 6) is 0.744. The van der Waals surface area contributed by atoms with Crippen LogP contribution >= 0.6 is 12.2 Å².